The van der Waals surface area contributed by atoms with Gasteiger partial charge in [0.1, 0.15) is 0 Å². The summed E-state index contributed by atoms with van der Waals surface area (Å²) in [7, 11) is 0. The highest BCUT2D eigenvalue weighted by Crippen LogP contribution is 2.17. The van der Waals surface area contributed by atoms with Gasteiger partial charge < -0.3 is 20.3 Å². The van der Waals surface area contributed by atoms with Gasteiger partial charge in [0.2, 0.25) is 5.91 Å². The van der Waals surface area contributed by atoms with Gasteiger partial charge in [0.15, 0.2) is 0 Å². The van der Waals surface area contributed by atoms with Gasteiger partial charge in [0.25, 0.3) is 0 Å². The molecule has 0 fully saturated rings. The third-order valence-corrected chi connectivity index (χ3v) is 14.0. The number of aliphatic hydroxyl groups is 2. The van der Waals surface area contributed by atoms with Crippen LogP contribution in [0.4, 0.5) is 0 Å². The van der Waals surface area contributed by atoms with Crippen LogP contribution < -0.4 is 5.32 Å². The van der Waals surface area contributed by atoms with Gasteiger partial charge in [0.05, 0.1) is 25.4 Å². The molecule has 0 heterocycles. The maximum Gasteiger partial charge on any atom is 0.305 e. The topological polar surface area (TPSA) is 95.9 Å². The summed E-state index contributed by atoms with van der Waals surface area (Å²) in [6.45, 7) is 4.91. The summed E-state index contributed by atoms with van der Waals surface area (Å²) in [5.41, 5.74) is 0. The lowest BCUT2D eigenvalue weighted by molar-refractivity contribution is -0.143. The Bertz CT molecular complexity index is 1040. The summed E-state index contributed by atoms with van der Waals surface area (Å²) in [6.07, 6.45) is 69.2. The molecule has 0 aliphatic heterocycles. The number of rotatable bonds is 56. The Balaban J connectivity index is 3.47. The molecule has 2 unspecified atom stereocenters. The molecule has 0 bridgehead atoms. The highest BCUT2D eigenvalue weighted by atomic mass is 16.5. The Morgan fingerprint density at radius 2 is 0.701 bits per heavy atom. The van der Waals surface area contributed by atoms with E-state index >= 15 is 0 Å². The van der Waals surface area contributed by atoms with Gasteiger partial charge in [-0.2, -0.15) is 0 Å². The molecule has 67 heavy (non-hydrogen) atoms. The predicted octanol–water partition coefficient (Wildman–Crippen LogP) is 18.6. The van der Waals surface area contributed by atoms with Crippen LogP contribution in [0.3, 0.4) is 0 Å². The van der Waals surface area contributed by atoms with Crippen molar-refractivity contribution in [2.75, 3.05) is 13.2 Å². The molecule has 396 valence electrons. The van der Waals surface area contributed by atoms with Gasteiger partial charge >= 0.3 is 5.97 Å². The molecule has 0 saturated carbocycles. The number of unbranched alkanes of at least 4 members (excludes halogenated alkanes) is 43. The monoisotopic (exact) mass is 944 g/mol. The van der Waals surface area contributed by atoms with E-state index in [9.17, 15) is 19.8 Å². The Morgan fingerprint density at radius 3 is 1.06 bits per heavy atom. The highest BCUT2D eigenvalue weighted by molar-refractivity contribution is 5.76. The number of ether oxygens (including phenoxy) is 1. The molecular weight excluding hydrogens is 827 g/mol. The van der Waals surface area contributed by atoms with Gasteiger partial charge in [-0.05, 0) is 57.8 Å². The average Bonchev–Trinajstić information content (AvgIpc) is 3.33. The fraction of sp³-hybridized carbons (Fsp3) is 0.902. The molecule has 0 rings (SSSR count). The van der Waals surface area contributed by atoms with Crippen LogP contribution in [0.1, 0.15) is 328 Å². The number of nitrogens with one attached hydrogen (secondary N) is 1. The molecule has 0 aliphatic carbocycles. The lowest BCUT2D eigenvalue weighted by atomic mass is 10.0. The molecule has 0 saturated heterocycles. The number of carbonyl (C=O) groups is 2. The summed E-state index contributed by atoms with van der Waals surface area (Å²) in [6, 6.07) is -0.637. The van der Waals surface area contributed by atoms with E-state index in [1.165, 1.54) is 244 Å². The average molecular weight is 945 g/mol. The summed E-state index contributed by atoms with van der Waals surface area (Å²) >= 11 is 0. The number of allylic oxidation sites excluding steroid dienone is 3. The van der Waals surface area contributed by atoms with Gasteiger partial charge in [-0.1, -0.05) is 282 Å². The van der Waals surface area contributed by atoms with Crippen molar-refractivity contribution in [2.24, 2.45) is 0 Å². The van der Waals surface area contributed by atoms with Crippen molar-refractivity contribution in [1.29, 1.82) is 0 Å². The first-order chi connectivity index (χ1) is 33.0. The van der Waals surface area contributed by atoms with E-state index in [4.69, 9.17) is 4.74 Å². The number of aliphatic hydroxyl groups excluding tert-OH is 2. The van der Waals surface area contributed by atoms with E-state index in [1.807, 2.05) is 6.08 Å². The maximum atomic E-state index is 12.5. The van der Waals surface area contributed by atoms with Crippen molar-refractivity contribution < 1.29 is 24.5 Å². The van der Waals surface area contributed by atoms with E-state index in [-0.39, 0.29) is 18.5 Å². The minimum absolute atomic E-state index is 0.000507. The van der Waals surface area contributed by atoms with Crippen LogP contribution in [0.2, 0.25) is 0 Å². The third kappa shape index (κ3) is 53.5. The second-order valence-electron chi connectivity index (χ2n) is 20.7. The van der Waals surface area contributed by atoms with Gasteiger partial charge in [-0.3, -0.25) is 9.59 Å². The molecular formula is C61H117NO5. The largest absolute Gasteiger partial charge is 0.466 e. The lowest BCUT2D eigenvalue weighted by Gasteiger charge is -2.20. The number of esters is 1. The van der Waals surface area contributed by atoms with Crippen LogP contribution in [0.15, 0.2) is 24.3 Å². The number of hydrogen-bond acceptors (Lipinski definition) is 5. The first kappa shape index (κ1) is 65.3. The predicted molar refractivity (Wildman–Crippen MR) is 292 cm³/mol. The fourth-order valence-electron chi connectivity index (χ4n) is 9.34. The molecule has 0 spiro atoms. The van der Waals surface area contributed by atoms with E-state index < -0.39 is 12.1 Å². The quantitative estimate of drug-likeness (QED) is 0.0321. The Labute approximate surface area is 418 Å². The fourth-order valence-corrected chi connectivity index (χ4v) is 9.34. The highest BCUT2D eigenvalue weighted by Gasteiger charge is 2.18. The number of hydrogen-bond donors (Lipinski definition) is 3. The van der Waals surface area contributed by atoms with E-state index in [0.717, 1.165) is 57.8 Å². The zero-order valence-electron chi connectivity index (χ0n) is 45.1. The van der Waals surface area contributed by atoms with Crippen LogP contribution >= 0.6 is 0 Å². The summed E-state index contributed by atoms with van der Waals surface area (Å²) in [5, 5.41) is 23.1. The van der Waals surface area contributed by atoms with Crippen molar-refractivity contribution in [1.82, 2.24) is 5.32 Å². The SMILES string of the molecule is CCCCCCCCCCCCCCCCCC/C=C/C(O)C(CO)NC(=O)CCCCCCCCC/C=C\CCCCCCCCOC(=O)CCCCCCCCCCCCCCCCC. The van der Waals surface area contributed by atoms with Crippen LogP contribution in [0, 0.1) is 0 Å². The van der Waals surface area contributed by atoms with Crippen molar-refractivity contribution in [2.45, 2.75) is 341 Å². The molecule has 0 aliphatic rings. The van der Waals surface area contributed by atoms with Crippen LogP contribution in [-0.2, 0) is 14.3 Å². The molecule has 1 amide bonds. The normalized spacial score (nSPS) is 12.7. The second kappa shape index (κ2) is 56.9. The van der Waals surface area contributed by atoms with Gasteiger partial charge in [-0.25, -0.2) is 0 Å². The lowest BCUT2D eigenvalue weighted by Crippen LogP contribution is -2.45. The molecule has 0 radical (unpaired) electrons. The zero-order valence-corrected chi connectivity index (χ0v) is 45.1. The minimum Gasteiger partial charge on any atom is -0.466 e. The maximum absolute atomic E-state index is 12.5. The summed E-state index contributed by atoms with van der Waals surface area (Å²) in [4.78, 5) is 24.5. The van der Waals surface area contributed by atoms with Crippen LogP contribution in [0.5, 0.6) is 0 Å². The van der Waals surface area contributed by atoms with Crippen molar-refractivity contribution in [3.63, 3.8) is 0 Å². The molecule has 6 nitrogen and oxygen atoms in total. The second-order valence-corrected chi connectivity index (χ2v) is 20.7. The molecule has 2 atom stereocenters. The number of carbonyl (C=O) groups excluding carboxylic acids is 2. The molecule has 3 N–H and O–H groups in total. The molecule has 6 heteroatoms. The van der Waals surface area contributed by atoms with Crippen molar-refractivity contribution in [3.8, 4) is 0 Å². The zero-order chi connectivity index (χ0) is 48.6. The Morgan fingerprint density at radius 1 is 0.403 bits per heavy atom. The van der Waals surface area contributed by atoms with Crippen LogP contribution in [-0.4, -0.2) is 47.4 Å². The van der Waals surface area contributed by atoms with Crippen molar-refractivity contribution >= 4 is 11.9 Å². The Hall–Kier alpha value is -1.66. The third-order valence-electron chi connectivity index (χ3n) is 14.0. The molecule has 0 aromatic heterocycles. The smallest absolute Gasteiger partial charge is 0.305 e. The molecule has 0 aromatic rings. The Kier molecular flexibility index (Phi) is 55.5. The van der Waals surface area contributed by atoms with Gasteiger partial charge in [-0.15, -0.1) is 0 Å². The van der Waals surface area contributed by atoms with Crippen LogP contribution in [0.25, 0.3) is 0 Å². The van der Waals surface area contributed by atoms with Gasteiger partial charge in [0, 0.05) is 12.8 Å². The first-order valence-corrected chi connectivity index (χ1v) is 30.1. The minimum atomic E-state index is -0.852. The van der Waals surface area contributed by atoms with E-state index in [2.05, 4.69) is 31.3 Å². The molecule has 0 aromatic carbocycles. The van der Waals surface area contributed by atoms with E-state index in [1.54, 1.807) is 6.08 Å². The summed E-state index contributed by atoms with van der Waals surface area (Å²) in [5.74, 6) is -0.0772. The van der Waals surface area contributed by atoms with E-state index in [0.29, 0.717) is 19.4 Å². The number of amides is 1. The standard InChI is InChI=1S/C61H117NO5/c1-3-5-7-9-11-13-15-17-19-20-22-26-29-33-37-41-45-49-53-59(64)58(57-63)62-60(65)54-50-46-42-38-34-30-27-23-21-24-28-32-36-40-44-48-52-56-67-61(66)55-51-47-43-39-35-31-25-18-16-14-12-10-8-6-4-2/h21,24,49,53,58-59,63-64H,3-20,22-23,25-48,50-52,54-57H2,1-2H3,(H,62,65)/b24-21-,53-49+. The van der Waals surface area contributed by atoms with Crippen molar-refractivity contribution in [3.05, 3.63) is 24.3 Å². The first-order valence-electron chi connectivity index (χ1n) is 30.1. The summed E-state index contributed by atoms with van der Waals surface area (Å²) < 4.78 is 5.48.